The summed E-state index contributed by atoms with van der Waals surface area (Å²) in [6, 6.07) is 13.4. The van der Waals surface area contributed by atoms with Gasteiger partial charge in [-0.1, -0.05) is 45.0 Å². The largest absolute Gasteiger partial charge is 0.493 e. The molecule has 0 spiro atoms. The van der Waals surface area contributed by atoms with E-state index >= 15 is 0 Å². The normalized spacial score (nSPS) is 12.2. The number of fused-ring (bicyclic) bond motifs is 1. The number of alkyl halides is 3. The Balaban J connectivity index is 1.91. The van der Waals surface area contributed by atoms with Crippen molar-refractivity contribution in [3.8, 4) is 28.7 Å². The average molecular weight is 540 g/mol. The van der Waals surface area contributed by atoms with Gasteiger partial charge in [0.1, 0.15) is 5.69 Å². The molecule has 10 heteroatoms. The lowest BCUT2D eigenvalue weighted by Crippen LogP contribution is -2.23. The number of ether oxygens (including phenoxy) is 2. The topological polar surface area (TPSA) is 76.6 Å². The van der Waals surface area contributed by atoms with Crippen LogP contribution in [-0.2, 0) is 6.18 Å². The van der Waals surface area contributed by atoms with Gasteiger partial charge in [0.25, 0.3) is 5.56 Å². The third-order valence-electron chi connectivity index (χ3n) is 5.49. The van der Waals surface area contributed by atoms with Gasteiger partial charge in [-0.25, -0.2) is 9.38 Å². The molecule has 0 aliphatic carbocycles. The summed E-state index contributed by atoms with van der Waals surface area (Å²) in [6.07, 6.45) is -1.48. The third-order valence-corrected chi connectivity index (χ3v) is 6.32. The van der Waals surface area contributed by atoms with Crippen LogP contribution >= 0.6 is 11.3 Å². The average Bonchev–Trinajstić information content (AvgIpc) is 3.31. The number of aromatic nitrogens is 2. The van der Waals surface area contributed by atoms with Crippen molar-refractivity contribution in [3.63, 3.8) is 0 Å². The number of nitriles is 1. The first-order valence-electron chi connectivity index (χ1n) is 11.5. The second-order valence-corrected chi connectivity index (χ2v) is 10.5. The Morgan fingerprint density at radius 3 is 2.42 bits per heavy atom. The Kier molecular flexibility index (Phi) is 7.33. The van der Waals surface area contributed by atoms with E-state index in [1.165, 1.54) is 31.4 Å². The molecular weight excluding hydrogens is 515 g/mol. The maximum absolute atomic E-state index is 13.6. The predicted molar refractivity (Wildman–Crippen MR) is 141 cm³/mol. The summed E-state index contributed by atoms with van der Waals surface area (Å²) < 4.78 is 53.1. The molecule has 4 rings (SSSR count). The minimum Gasteiger partial charge on any atom is -0.493 e. The SMILES string of the molecule is COc1cccc(/C=C/c2nc3scc(C(F)(F)F)n3c(=O)c2-c2ccc(C#N)cc2)c1OCC(C)(C)C. The molecule has 2 aromatic carbocycles. The van der Waals surface area contributed by atoms with E-state index in [2.05, 4.69) is 4.98 Å². The molecule has 0 radical (unpaired) electrons. The standard InChI is InChI=1S/C28H24F3N3O3S/c1-27(2,3)16-37-24-19(6-5-7-21(24)36-4)12-13-20-23(18-10-8-17(14-32)9-11-18)25(35)34-22(28(29,30)31)15-38-26(34)33-20/h5-13,15H,16H2,1-4H3/b13-12+. The summed E-state index contributed by atoms with van der Waals surface area (Å²) in [5.41, 5.74) is -0.584. The summed E-state index contributed by atoms with van der Waals surface area (Å²) in [6.45, 7) is 6.51. The Bertz CT molecular complexity index is 1610. The number of rotatable bonds is 6. The monoisotopic (exact) mass is 539 g/mol. The number of halogens is 3. The Labute approximate surface area is 221 Å². The molecule has 0 N–H and O–H groups in total. The van der Waals surface area contributed by atoms with E-state index in [9.17, 15) is 18.0 Å². The van der Waals surface area contributed by atoms with Crippen molar-refractivity contribution in [2.45, 2.75) is 26.9 Å². The van der Waals surface area contributed by atoms with Crippen molar-refractivity contribution in [2.75, 3.05) is 13.7 Å². The first-order chi connectivity index (χ1) is 17.9. The van der Waals surface area contributed by atoms with Crippen LogP contribution in [0.25, 0.3) is 28.2 Å². The lowest BCUT2D eigenvalue weighted by atomic mass is 9.98. The van der Waals surface area contributed by atoms with Gasteiger partial charge >= 0.3 is 6.18 Å². The molecule has 0 atom stereocenters. The van der Waals surface area contributed by atoms with E-state index in [1.54, 1.807) is 30.4 Å². The lowest BCUT2D eigenvalue weighted by molar-refractivity contribution is -0.141. The molecular formula is C28H24F3N3O3S. The van der Waals surface area contributed by atoms with Crippen LogP contribution in [0, 0.1) is 16.7 Å². The highest BCUT2D eigenvalue weighted by Crippen LogP contribution is 2.35. The van der Waals surface area contributed by atoms with Crippen LogP contribution in [0.4, 0.5) is 13.2 Å². The van der Waals surface area contributed by atoms with Crippen LogP contribution in [0.5, 0.6) is 11.5 Å². The van der Waals surface area contributed by atoms with Crippen LogP contribution in [0.15, 0.2) is 52.6 Å². The van der Waals surface area contributed by atoms with Crippen LogP contribution in [0.1, 0.15) is 43.3 Å². The molecule has 0 aliphatic rings. The van der Waals surface area contributed by atoms with E-state index in [0.717, 1.165) is 16.7 Å². The molecule has 0 aliphatic heterocycles. The number of nitrogens with zero attached hydrogens (tertiary/aromatic N) is 3. The highest BCUT2D eigenvalue weighted by atomic mass is 32.1. The number of benzene rings is 2. The molecule has 196 valence electrons. The van der Waals surface area contributed by atoms with Gasteiger partial charge in [-0.05, 0) is 41.3 Å². The van der Waals surface area contributed by atoms with Crippen LogP contribution in [0.3, 0.4) is 0 Å². The first kappa shape index (κ1) is 26.9. The second-order valence-electron chi connectivity index (χ2n) is 9.66. The highest BCUT2D eigenvalue weighted by molar-refractivity contribution is 7.15. The van der Waals surface area contributed by atoms with E-state index in [-0.39, 0.29) is 21.6 Å². The Morgan fingerprint density at radius 1 is 1.11 bits per heavy atom. The van der Waals surface area contributed by atoms with Crippen molar-refractivity contribution >= 4 is 28.4 Å². The van der Waals surface area contributed by atoms with E-state index in [4.69, 9.17) is 14.7 Å². The minimum absolute atomic E-state index is 0.0211. The summed E-state index contributed by atoms with van der Waals surface area (Å²) in [5.74, 6) is 1.01. The number of para-hydroxylation sites is 1. The van der Waals surface area contributed by atoms with Crippen LogP contribution < -0.4 is 15.0 Å². The van der Waals surface area contributed by atoms with E-state index in [0.29, 0.717) is 39.2 Å². The fourth-order valence-electron chi connectivity index (χ4n) is 3.70. The number of hydrogen-bond acceptors (Lipinski definition) is 6. The van der Waals surface area contributed by atoms with Gasteiger partial charge in [-0.3, -0.25) is 4.79 Å². The summed E-state index contributed by atoms with van der Waals surface area (Å²) in [7, 11) is 1.53. The molecule has 0 fully saturated rings. The minimum atomic E-state index is -4.73. The van der Waals surface area contributed by atoms with E-state index < -0.39 is 17.4 Å². The van der Waals surface area contributed by atoms with Gasteiger partial charge < -0.3 is 9.47 Å². The van der Waals surface area contributed by atoms with Crippen LogP contribution in [0.2, 0.25) is 0 Å². The molecule has 4 aromatic rings. The highest BCUT2D eigenvalue weighted by Gasteiger charge is 2.36. The second kappa shape index (κ2) is 10.3. The van der Waals surface area contributed by atoms with Crippen molar-refractivity contribution in [1.82, 2.24) is 9.38 Å². The van der Waals surface area contributed by atoms with Crippen molar-refractivity contribution in [3.05, 3.63) is 80.7 Å². The lowest BCUT2D eigenvalue weighted by Gasteiger charge is -2.21. The van der Waals surface area contributed by atoms with Gasteiger partial charge in [0.2, 0.25) is 0 Å². The van der Waals surface area contributed by atoms with Crippen molar-refractivity contribution in [2.24, 2.45) is 5.41 Å². The van der Waals surface area contributed by atoms with Crippen molar-refractivity contribution < 1.29 is 22.6 Å². The van der Waals surface area contributed by atoms with Crippen molar-refractivity contribution in [1.29, 1.82) is 5.26 Å². The smallest absolute Gasteiger partial charge is 0.432 e. The number of methoxy groups -OCH3 is 1. The predicted octanol–water partition coefficient (Wildman–Crippen LogP) is 6.92. The molecule has 2 aromatic heterocycles. The van der Waals surface area contributed by atoms with Gasteiger partial charge in [0, 0.05) is 10.9 Å². The maximum Gasteiger partial charge on any atom is 0.432 e. The van der Waals surface area contributed by atoms with E-state index in [1.807, 2.05) is 26.8 Å². The molecule has 6 nitrogen and oxygen atoms in total. The molecule has 38 heavy (non-hydrogen) atoms. The quantitative estimate of drug-likeness (QED) is 0.266. The summed E-state index contributed by atoms with van der Waals surface area (Å²) >= 11 is 0.731. The molecule has 0 saturated heterocycles. The zero-order valence-electron chi connectivity index (χ0n) is 21.1. The molecule has 0 amide bonds. The van der Waals surface area contributed by atoms with Gasteiger partial charge in [-0.2, -0.15) is 18.4 Å². The molecule has 0 saturated carbocycles. The first-order valence-corrected chi connectivity index (χ1v) is 12.4. The maximum atomic E-state index is 13.6. The third kappa shape index (κ3) is 5.58. The van der Waals surface area contributed by atoms with Gasteiger partial charge in [0.15, 0.2) is 16.5 Å². The zero-order valence-corrected chi connectivity index (χ0v) is 21.9. The summed E-state index contributed by atoms with van der Waals surface area (Å²) in [4.78, 5) is 17.8. The van der Waals surface area contributed by atoms with Crippen LogP contribution in [-0.4, -0.2) is 23.1 Å². The number of hydrogen-bond donors (Lipinski definition) is 0. The fraction of sp³-hybridized carbons (Fsp3) is 0.250. The zero-order chi connectivity index (χ0) is 27.7. The molecule has 2 heterocycles. The Morgan fingerprint density at radius 2 is 1.82 bits per heavy atom. The van der Waals surface area contributed by atoms with Gasteiger partial charge in [0.05, 0.1) is 36.6 Å². The van der Waals surface area contributed by atoms with Gasteiger partial charge in [-0.15, -0.1) is 11.3 Å². The Hall–Kier alpha value is -4.10. The fourth-order valence-corrected chi connectivity index (χ4v) is 4.60. The summed E-state index contributed by atoms with van der Waals surface area (Å²) in [5, 5.41) is 10.0. The molecule has 0 unspecified atom stereocenters. The number of thiazole rings is 1. The molecule has 0 bridgehead atoms.